The van der Waals surface area contributed by atoms with Gasteiger partial charge >= 0.3 is 6.18 Å². The Morgan fingerprint density at radius 2 is 2.00 bits per heavy atom. The van der Waals surface area contributed by atoms with Crippen LogP contribution in [0.3, 0.4) is 0 Å². The highest BCUT2D eigenvalue weighted by atomic mass is 19.4. The van der Waals surface area contributed by atoms with Gasteiger partial charge in [-0.3, -0.25) is 9.20 Å². The molecular formula is C22H16F4N6O2. The van der Waals surface area contributed by atoms with E-state index in [1.54, 1.807) is 4.40 Å². The van der Waals surface area contributed by atoms with Crippen molar-refractivity contribution in [3.8, 4) is 5.88 Å². The van der Waals surface area contributed by atoms with Gasteiger partial charge in [0, 0.05) is 31.0 Å². The minimum Gasteiger partial charge on any atom is -0.474 e. The molecule has 4 aromatic rings. The normalized spacial score (nSPS) is 19.8. The molecule has 0 unspecified atom stereocenters. The highest BCUT2D eigenvalue weighted by Crippen LogP contribution is 2.43. The summed E-state index contributed by atoms with van der Waals surface area (Å²) in [6.45, 7) is 0.257. The van der Waals surface area contributed by atoms with E-state index >= 15 is 4.39 Å². The van der Waals surface area contributed by atoms with E-state index in [-0.39, 0.29) is 35.4 Å². The Morgan fingerprint density at radius 3 is 2.79 bits per heavy atom. The maximum absolute atomic E-state index is 15.1. The van der Waals surface area contributed by atoms with E-state index in [0.717, 1.165) is 12.1 Å². The monoisotopic (exact) mass is 472 g/mol. The molecule has 0 spiro atoms. The van der Waals surface area contributed by atoms with Gasteiger partial charge in [0.2, 0.25) is 5.88 Å². The Hall–Kier alpha value is -3.96. The quantitative estimate of drug-likeness (QED) is 0.424. The number of likely N-dealkylation sites (tertiary alicyclic amines) is 1. The number of carbonyl (C=O) groups is 1. The predicted molar refractivity (Wildman–Crippen MR) is 112 cm³/mol. The molecule has 5 heterocycles. The van der Waals surface area contributed by atoms with Crippen molar-refractivity contribution in [2.24, 2.45) is 0 Å². The number of nitrogens with zero attached hydrogens (tertiary/aromatic N) is 5. The van der Waals surface area contributed by atoms with Crippen LogP contribution in [0.5, 0.6) is 5.88 Å². The number of carbonyl (C=O) groups excluding carboxylic acids is 1. The molecular weight excluding hydrogens is 456 g/mol. The lowest BCUT2D eigenvalue weighted by Crippen LogP contribution is -2.47. The maximum Gasteiger partial charge on any atom is 0.433 e. The number of amides is 1. The number of piperidine rings is 1. The molecule has 2 atom stereocenters. The van der Waals surface area contributed by atoms with Crippen LogP contribution < -0.4 is 10.5 Å². The van der Waals surface area contributed by atoms with Crippen LogP contribution in [0.1, 0.15) is 40.5 Å². The average molecular weight is 472 g/mol. The predicted octanol–water partition coefficient (Wildman–Crippen LogP) is 3.76. The Kier molecular flexibility index (Phi) is 4.26. The van der Waals surface area contributed by atoms with Crippen LogP contribution in [0.25, 0.3) is 16.6 Å². The number of ether oxygens (including phenoxy) is 1. The highest BCUT2D eigenvalue weighted by Gasteiger charge is 2.42. The second-order valence-corrected chi connectivity index (χ2v) is 8.33. The Bertz CT molecular complexity index is 1480. The Labute approximate surface area is 189 Å². The molecule has 2 aliphatic heterocycles. The molecule has 0 saturated carbocycles. The molecule has 1 saturated heterocycles. The zero-order chi connectivity index (χ0) is 23.8. The zero-order valence-electron chi connectivity index (χ0n) is 17.4. The van der Waals surface area contributed by atoms with Crippen molar-refractivity contribution in [1.82, 2.24) is 24.3 Å². The molecule has 0 aliphatic carbocycles. The third-order valence-corrected chi connectivity index (χ3v) is 6.33. The van der Waals surface area contributed by atoms with Crippen molar-refractivity contribution >= 4 is 28.3 Å². The third kappa shape index (κ3) is 3.05. The molecule has 0 radical (unpaired) electrons. The summed E-state index contributed by atoms with van der Waals surface area (Å²) in [5, 5.41) is 0. The molecule has 2 N–H and O–H groups in total. The maximum atomic E-state index is 15.1. The van der Waals surface area contributed by atoms with E-state index in [4.69, 9.17) is 10.5 Å². The molecule has 2 aliphatic rings. The first-order chi connectivity index (χ1) is 16.2. The van der Waals surface area contributed by atoms with Gasteiger partial charge in [-0.25, -0.2) is 19.3 Å². The molecule has 12 heteroatoms. The smallest absolute Gasteiger partial charge is 0.433 e. The summed E-state index contributed by atoms with van der Waals surface area (Å²) >= 11 is 0. The van der Waals surface area contributed by atoms with Gasteiger partial charge in [-0.15, -0.1) is 0 Å². The van der Waals surface area contributed by atoms with Gasteiger partial charge in [0.25, 0.3) is 5.91 Å². The van der Waals surface area contributed by atoms with Crippen LogP contribution >= 0.6 is 0 Å². The van der Waals surface area contributed by atoms with E-state index in [2.05, 4.69) is 15.0 Å². The number of fused-ring (bicyclic) bond motifs is 7. The van der Waals surface area contributed by atoms with Crippen molar-refractivity contribution in [2.75, 3.05) is 12.3 Å². The van der Waals surface area contributed by atoms with E-state index in [1.807, 2.05) is 0 Å². The zero-order valence-corrected chi connectivity index (χ0v) is 17.4. The number of alkyl halides is 3. The lowest BCUT2D eigenvalue weighted by Gasteiger charge is -2.43. The Morgan fingerprint density at radius 1 is 1.18 bits per heavy atom. The van der Waals surface area contributed by atoms with Gasteiger partial charge in [0.1, 0.15) is 28.9 Å². The molecule has 1 amide bonds. The first-order valence-electron chi connectivity index (χ1n) is 10.5. The second kappa shape index (κ2) is 7.02. The molecule has 34 heavy (non-hydrogen) atoms. The first-order valence-corrected chi connectivity index (χ1v) is 10.5. The minimum absolute atomic E-state index is 0.146. The summed E-state index contributed by atoms with van der Waals surface area (Å²) in [6.07, 6.45) is -1.23. The average Bonchev–Trinajstić information content (AvgIpc) is 3.29. The highest BCUT2D eigenvalue weighted by molar-refractivity contribution is 5.98. The van der Waals surface area contributed by atoms with Gasteiger partial charge in [0.15, 0.2) is 0 Å². The number of rotatable bonds is 1. The number of hydrogen-bond donors (Lipinski definition) is 1. The summed E-state index contributed by atoms with van der Waals surface area (Å²) in [5.74, 6) is -1.33. The van der Waals surface area contributed by atoms with Crippen molar-refractivity contribution in [3.05, 3.63) is 59.4 Å². The molecule has 1 fully saturated rings. The fourth-order valence-electron chi connectivity index (χ4n) is 4.71. The number of pyridine rings is 1. The van der Waals surface area contributed by atoms with Crippen LogP contribution in [-0.4, -0.2) is 42.8 Å². The van der Waals surface area contributed by atoms with Gasteiger partial charge in [-0.2, -0.15) is 13.2 Å². The van der Waals surface area contributed by atoms with Crippen LogP contribution in [0.4, 0.5) is 23.4 Å². The molecule has 6 rings (SSSR count). The van der Waals surface area contributed by atoms with Crippen molar-refractivity contribution < 1.29 is 27.1 Å². The number of imidazole rings is 1. The molecule has 8 nitrogen and oxygen atoms in total. The summed E-state index contributed by atoms with van der Waals surface area (Å²) < 4.78 is 61.7. The lowest BCUT2D eigenvalue weighted by molar-refractivity contribution is -0.141. The molecule has 1 aromatic carbocycles. The minimum atomic E-state index is -4.62. The van der Waals surface area contributed by atoms with E-state index < -0.39 is 29.6 Å². The number of benzene rings is 1. The van der Waals surface area contributed by atoms with Crippen LogP contribution in [0, 0.1) is 5.82 Å². The van der Waals surface area contributed by atoms with E-state index in [9.17, 15) is 18.0 Å². The van der Waals surface area contributed by atoms with Crippen molar-refractivity contribution in [1.29, 1.82) is 0 Å². The van der Waals surface area contributed by atoms with Crippen LogP contribution in [0.2, 0.25) is 0 Å². The number of hydrogen-bond acceptors (Lipinski definition) is 6. The van der Waals surface area contributed by atoms with Crippen LogP contribution in [0.15, 0.2) is 36.8 Å². The van der Waals surface area contributed by atoms with E-state index in [0.29, 0.717) is 29.4 Å². The van der Waals surface area contributed by atoms with Gasteiger partial charge in [-0.05, 0) is 18.2 Å². The SMILES string of the molecule is Nc1nc2cc(F)c(C(=O)N3CC[C@H]4C[C@@H]3c3ccc(C(F)(F)F)nc3O4)cc2n2cncc12. The number of aromatic nitrogens is 4. The van der Waals surface area contributed by atoms with Crippen molar-refractivity contribution in [2.45, 2.75) is 31.2 Å². The summed E-state index contributed by atoms with van der Waals surface area (Å²) in [6, 6.07) is 4.09. The fourth-order valence-corrected chi connectivity index (χ4v) is 4.71. The topological polar surface area (TPSA) is 98.6 Å². The molecule has 174 valence electrons. The van der Waals surface area contributed by atoms with E-state index in [1.165, 1.54) is 29.6 Å². The summed E-state index contributed by atoms with van der Waals surface area (Å²) in [7, 11) is 0. The largest absolute Gasteiger partial charge is 0.474 e. The molecule has 3 aromatic heterocycles. The third-order valence-electron chi connectivity index (χ3n) is 6.33. The van der Waals surface area contributed by atoms with Crippen molar-refractivity contribution in [3.63, 3.8) is 0 Å². The van der Waals surface area contributed by atoms with Gasteiger partial charge < -0.3 is 15.4 Å². The number of nitrogen functional groups attached to an aromatic ring is 1. The Balaban J connectivity index is 1.42. The number of nitrogens with two attached hydrogens (primary N) is 1. The summed E-state index contributed by atoms with van der Waals surface area (Å²) in [5.41, 5.74) is 6.26. The summed E-state index contributed by atoms with van der Waals surface area (Å²) in [4.78, 5) is 26.9. The lowest BCUT2D eigenvalue weighted by atomic mass is 9.90. The number of anilines is 1. The molecule has 2 bridgehead atoms. The second-order valence-electron chi connectivity index (χ2n) is 8.33. The first kappa shape index (κ1) is 20.6. The fraction of sp³-hybridized carbons (Fsp3) is 0.273. The van der Waals surface area contributed by atoms with Crippen LogP contribution in [-0.2, 0) is 6.18 Å². The number of halogens is 4. The standard InChI is InChI=1S/C22H16F4N6O2/c23-13-7-14-16(32-9-28-8-17(32)19(27)29-14)6-12(13)21(33)31-4-3-10-5-15(31)11-1-2-18(22(24,25)26)30-20(11)34-10/h1-2,6-10,15H,3-5H2,(H2,27,29)/t10-,15+/m0/s1. The van der Waals surface area contributed by atoms with Gasteiger partial charge in [0.05, 0.1) is 35.2 Å². The van der Waals surface area contributed by atoms with Gasteiger partial charge in [-0.1, -0.05) is 0 Å².